The van der Waals surface area contributed by atoms with E-state index in [2.05, 4.69) is 27.6 Å². The molecule has 1 aliphatic rings. The molecule has 2 heterocycles. The van der Waals surface area contributed by atoms with E-state index in [-0.39, 0.29) is 0 Å². The zero-order valence-corrected chi connectivity index (χ0v) is 17.7. The van der Waals surface area contributed by atoms with E-state index >= 15 is 0 Å². The summed E-state index contributed by atoms with van der Waals surface area (Å²) in [5, 5.41) is 12.9. The number of ether oxygens (including phenoxy) is 2. The predicted octanol–water partition coefficient (Wildman–Crippen LogP) is 5.34. The summed E-state index contributed by atoms with van der Waals surface area (Å²) in [7, 11) is 1.65. The van der Waals surface area contributed by atoms with Crippen molar-refractivity contribution < 1.29 is 9.47 Å². The second-order valence-electron chi connectivity index (χ2n) is 6.95. The highest BCUT2D eigenvalue weighted by Crippen LogP contribution is 2.41. The molecule has 5 rings (SSSR count). The first kappa shape index (κ1) is 19.4. The number of rotatable bonds is 5. The van der Waals surface area contributed by atoms with Gasteiger partial charge in [0.25, 0.3) is 0 Å². The summed E-state index contributed by atoms with van der Waals surface area (Å²) in [6.45, 7) is 0. The molecule has 0 saturated carbocycles. The Hall–Kier alpha value is -3.58. The van der Waals surface area contributed by atoms with Crippen molar-refractivity contribution in [2.45, 2.75) is 17.1 Å². The van der Waals surface area contributed by atoms with Crippen LogP contribution >= 0.6 is 11.8 Å². The normalized spacial score (nSPS) is 14.4. The lowest BCUT2D eigenvalue weighted by Gasteiger charge is -2.21. The Morgan fingerprint density at radius 1 is 0.935 bits per heavy atom. The maximum Gasteiger partial charge on any atom is 0.247 e. The van der Waals surface area contributed by atoms with Crippen molar-refractivity contribution in [1.82, 2.24) is 15.2 Å². The van der Waals surface area contributed by atoms with Gasteiger partial charge in [0.05, 0.1) is 12.7 Å². The average molecular weight is 429 g/mol. The number of anilines is 1. The maximum atomic E-state index is 6.34. The molecule has 0 saturated heterocycles. The molecule has 3 aromatic carbocycles. The van der Waals surface area contributed by atoms with E-state index in [1.54, 1.807) is 7.11 Å². The van der Waals surface area contributed by atoms with E-state index in [4.69, 9.17) is 14.5 Å². The van der Waals surface area contributed by atoms with Gasteiger partial charge in [-0.05, 0) is 23.8 Å². The lowest BCUT2D eigenvalue weighted by atomic mass is 10.1. The van der Waals surface area contributed by atoms with Gasteiger partial charge in [-0.25, -0.2) is 0 Å². The highest BCUT2D eigenvalue weighted by molar-refractivity contribution is 7.98. The summed E-state index contributed by atoms with van der Waals surface area (Å²) in [5.74, 6) is 1.94. The molecular weight excluding hydrogens is 408 g/mol. The second kappa shape index (κ2) is 8.65. The Labute approximate surface area is 184 Å². The van der Waals surface area contributed by atoms with Gasteiger partial charge < -0.3 is 14.8 Å². The molecule has 0 unspecified atom stereocenters. The molecule has 7 heteroatoms. The van der Waals surface area contributed by atoms with Crippen LogP contribution in [0.4, 0.5) is 5.69 Å². The third kappa shape index (κ3) is 4.04. The number of nitrogens with zero attached hydrogens (tertiary/aromatic N) is 3. The third-order valence-electron chi connectivity index (χ3n) is 4.97. The molecule has 0 radical (unpaired) electrons. The zero-order valence-electron chi connectivity index (χ0n) is 16.9. The smallest absolute Gasteiger partial charge is 0.247 e. The van der Waals surface area contributed by atoms with Gasteiger partial charge in [-0.1, -0.05) is 72.4 Å². The third-order valence-corrected chi connectivity index (χ3v) is 5.87. The van der Waals surface area contributed by atoms with Crippen LogP contribution in [-0.2, 0) is 5.75 Å². The molecule has 31 heavy (non-hydrogen) atoms. The van der Waals surface area contributed by atoms with Gasteiger partial charge in [-0.2, -0.15) is 4.98 Å². The minimum atomic E-state index is -0.484. The lowest BCUT2D eigenvalue weighted by Crippen LogP contribution is -2.18. The van der Waals surface area contributed by atoms with Crippen LogP contribution in [0.1, 0.15) is 17.4 Å². The van der Waals surface area contributed by atoms with Crippen molar-refractivity contribution in [2.24, 2.45) is 0 Å². The number of hydrogen-bond acceptors (Lipinski definition) is 7. The molecule has 0 spiro atoms. The number of benzene rings is 3. The fourth-order valence-electron chi connectivity index (χ4n) is 3.45. The maximum absolute atomic E-state index is 6.34. The van der Waals surface area contributed by atoms with Crippen LogP contribution < -0.4 is 14.8 Å². The molecule has 1 N–H and O–H groups in total. The summed E-state index contributed by atoms with van der Waals surface area (Å²) in [6, 6.07) is 25.9. The van der Waals surface area contributed by atoms with E-state index in [1.807, 2.05) is 66.7 Å². The fourth-order valence-corrected chi connectivity index (χ4v) is 4.19. The molecule has 1 atom stereocenters. The Morgan fingerprint density at radius 2 is 1.71 bits per heavy atom. The van der Waals surface area contributed by atoms with Gasteiger partial charge in [0.15, 0.2) is 5.69 Å². The topological polar surface area (TPSA) is 69.2 Å². The number of nitrogens with one attached hydrogen (secondary N) is 1. The molecule has 0 amide bonds. The van der Waals surface area contributed by atoms with Gasteiger partial charge in [-0.3, -0.25) is 0 Å². The molecular formula is C24H20N4O2S. The van der Waals surface area contributed by atoms with Crippen LogP contribution in [0, 0.1) is 0 Å². The van der Waals surface area contributed by atoms with E-state index in [0.29, 0.717) is 16.7 Å². The number of thioether (sulfide) groups is 1. The van der Waals surface area contributed by atoms with Gasteiger partial charge in [0, 0.05) is 17.0 Å². The lowest BCUT2D eigenvalue weighted by molar-refractivity contribution is 0.220. The molecule has 0 aliphatic carbocycles. The van der Waals surface area contributed by atoms with Crippen LogP contribution in [0.15, 0.2) is 84.0 Å². The molecule has 1 aromatic heterocycles. The number of aromatic nitrogens is 3. The summed E-state index contributed by atoms with van der Waals surface area (Å²) in [6.07, 6.45) is -0.484. The van der Waals surface area contributed by atoms with E-state index < -0.39 is 6.23 Å². The van der Waals surface area contributed by atoms with Crippen LogP contribution in [0.3, 0.4) is 0 Å². The van der Waals surface area contributed by atoms with E-state index in [0.717, 1.165) is 28.3 Å². The monoisotopic (exact) mass is 428 g/mol. The quantitative estimate of drug-likeness (QED) is 0.430. The van der Waals surface area contributed by atoms with Gasteiger partial charge >= 0.3 is 0 Å². The number of hydrogen-bond donors (Lipinski definition) is 1. The first-order chi connectivity index (χ1) is 15.3. The molecule has 0 bridgehead atoms. The minimum absolute atomic E-state index is 0.443. The van der Waals surface area contributed by atoms with Crippen molar-refractivity contribution in [3.8, 4) is 22.9 Å². The van der Waals surface area contributed by atoms with Crippen molar-refractivity contribution in [1.29, 1.82) is 0 Å². The number of para-hydroxylation sites is 2. The van der Waals surface area contributed by atoms with E-state index in [9.17, 15) is 0 Å². The van der Waals surface area contributed by atoms with Gasteiger partial charge in [0.2, 0.25) is 17.3 Å². The van der Waals surface area contributed by atoms with Crippen LogP contribution in [0.25, 0.3) is 11.3 Å². The van der Waals surface area contributed by atoms with Crippen LogP contribution in [-0.4, -0.2) is 22.3 Å². The SMILES string of the molecule is COc1ccccc1[C@@H]1Nc2ccccc2-c2nnc(SCc3ccccc3)nc2O1. The van der Waals surface area contributed by atoms with Crippen LogP contribution in [0.5, 0.6) is 11.6 Å². The van der Waals surface area contributed by atoms with Gasteiger partial charge in [-0.15, -0.1) is 10.2 Å². The van der Waals surface area contributed by atoms with Crippen molar-refractivity contribution in [2.75, 3.05) is 12.4 Å². The largest absolute Gasteiger partial charge is 0.496 e. The Balaban J connectivity index is 1.52. The van der Waals surface area contributed by atoms with Gasteiger partial charge in [0.1, 0.15) is 5.75 Å². The molecule has 0 fully saturated rings. The van der Waals surface area contributed by atoms with Crippen molar-refractivity contribution in [3.63, 3.8) is 0 Å². The van der Waals surface area contributed by atoms with Crippen molar-refractivity contribution in [3.05, 3.63) is 90.0 Å². The highest BCUT2D eigenvalue weighted by Gasteiger charge is 2.27. The summed E-state index contributed by atoms with van der Waals surface area (Å²) >= 11 is 1.53. The minimum Gasteiger partial charge on any atom is -0.496 e. The molecule has 1 aliphatic heterocycles. The number of fused-ring (bicyclic) bond motifs is 3. The molecule has 154 valence electrons. The molecule has 6 nitrogen and oxygen atoms in total. The zero-order chi connectivity index (χ0) is 21.0. The standard InChI is InChI=1S/C24H20N4O2S/c1-29-20-14-8-6-12-18(20)22-25-19-13-7-5-11-17(19)21-23(30-22)26-24(28-27-21)31-15-16-9-3-2-4-10-16/h2-14,22,25H,15H2,1H3/t22-/m1/s1. The molecule has 4 aromatic rings. The Morgan fingerprint density at radius 3 is 2.58 bits per heavy atom. The summed E-state index contributed by atoms with van der Waals surface area (Å²) < 4.78 is 11.9. The average Bonchev–Trinajstić information content (AvgIpc) is 3.00. The number of methoxy groups -OCH3 is 1. The van der Waals surface area contributed by atoms with Crippen molar-refractivity contribution >= 4 is 17.4 Å². The summed E-state index contributed by atoms with van der Waals surface area (Å²) in [4.78, 5) is 4.70. The summed E-state index contributed by atoms with van der Waals surface area (Å²) in [5.41, 5.74) is 4.49. The van der Waals surface area contributed by atoms with E-state index in [1.165, 1.54) is 17.3 Å². The predicted molar refractivity (Wildman–Crippen MR) is 121 cm³/mol. The van der Waals surface area contributed by atoms with Crippen LogP contribution in [0.2, 0.25) is 0 Å². The second-order valence-corrected chi connectivity index (χ2v) is 7.89. The Bertz CT molecular complexity index is 1200. The first-order valence-corrected chi connectivity index (χ1v) is 10.9. The Kier molecular flexibility index (Phi) is 5.41. The first-order valence-electron chi connectivity index (χ1n) is 9.89. The highest BCUT2D eigenvalue weighted by atomic mass is 32.2. The fraction of sp³-hybridized carbons (Fsp3) is 0.125.